The molecule has 7 heteroatoms. The molecule has 2 heterocycles. The van der Waals surface area contributed by atoms with E-state index in [1.807, 2.05) is 19.9 Å². The van der Waals surface area contributed by atoms with Crippen molar-refractivity contribution in [1.29, 1.82) is 0 Å². The van der Waals surface area contributed by atoms with Crippen LogP contribution in [0.2, 0.25) is 0 Å². The van der Waals surface area contributed by atoms with E-state index in [4.69, 9.17) is 13.9 Å². The lowest BCUT2D eigenvalue weighted by Gasteiger charge is -2.39. The maximum Gasteiger partial charge on any atom is 0.336 e. The molecule has 1 aliphatic heterocycles. The molecule has 0 fully saturated rings. The van der Waals surface area contributed by atoms with Gasteiger partial charge in [-0.05, 0) is 55.3 Å². The molecular weight excluding hydrogens is 388 g/mol. The number of aromatic hydroxyl groups is 2. The first-order valence-electron chi connectivity index (χ1n) is 9.38. The molecule has 0 radical (unpaired) electrons. The second-order valence-electron chi connectivity index (χ2n) is 7.67. The van der Waals surface area contributed by atoms with Gasteiger partial charge < -0.3 is 24.1 Å². The second kappa shape index (κ2) is 7.26. The van der Waals surface area contributed by atoms with Gasteiger partial charge in [-0.3, -0.25) is 0 Å². The van der Waals surface area contributed by atoms with Crippen LogP contribution in [0.15, 0.2) is 57.8 Å². The number of carbonyl (C=O) groups excluding carboxylic acids is 1. The molecule has 0 saturated heterocycles. The molecule has 7 nitrogen and oxygen atoms in total. The van der Waals surface area contributed by atoms with E-state index in [2.05, 4.69) is 0 Å². The molecule has 0 amide bonds. The quantitative estimate of drug-likeness (QED) is 0.295. The maximum absolute atomic E-state index is 12.4. The Balaban J connectivity index is 1.54. The minimum atomic E-state index is -0.796. The molecule has 0 spiro atoms. The first-order valence-corrected chi connectivity index (χ1v) is 9.38. The van der Waals surface area contributed by atoms with Gasteiger partial charge in [0, 0.05) is 30.0 Å². The molecule has 0 aliphatic carbocycles. The standard InChI is InChI=1S/C23H20O7/c1-23(2)20(29-22(27)7-4-13-3-6-16(24)17(25)9-13)11-15-10-14-5-8-21(26)28-18(14)12-19(15)30-23/h3-10,12,20,24-25H,11H2,1-2H3/b7-4+/t20-/m0/s1. The Morgan fingerprint density at radius 3 is 2.70 bits per heavy atom. The van der Waals surface area contributed by atoms with E-state index in [0.29, 0.717) is 23.3 Å². The molecular formula is C23H20O7. The summed E-state index contributed by atoms with van der Waals surface area (Å²) in [5, 5.41) is 19.6. The molecule has 0 bridgehead atoms. The molecule has 4 rings (SSSR count). The topological polar surface area (TPSA) is 106 Å². The first-order chi connectivity index (χ1) is 14.2. The molecule has 2 aromatic carbocycles. The minimum absolute atomic E-state index is 0.235. The SMILES string of the molecule is CC1(C)Oc2cc3oc(=O)ccc3cc2C[C@@H]1OC(=O)/C=C/c1ccc(O)c(O)c1. The van der Waals surface area contributed by atoms with Gasteiger partial charge in [-0.15, -0.1) is 0 Å². The van der Waals surface area contributed by atoms with Gasteiger partial charge in [-0.1, -0.05) is 6.07 Å². The number of rotatable bonds is 3. The molecule has 1 atom stereocenters. The lowest BCUT2D eigenvalue weighted by atomic mass is 9.90. The summed E-state index contributed by atoms with van der Waals surface area (Å²) in [5.41, 5.74) is 0.599. The monoisotopic (exact) mass is 408 g/mol. The summed E-state index contributed by atoms with van der Waals surface area (Å²) in [4.78, 5) is 23.8. The second-order valence-corrected chi connectivity index (χ2v) is 7.67. The number of carbonyl (C=O) groups is 1. The number of esters is 1. The normalized spacial score (nSPS) is 17.5. The third-order valence-corrected chi connectivity index (χ3v) is 5.03. The summed E-state index contributed by atoms with van der Waals surface area (Å²) in [6, 6.07) is 10.8. The fraction of sp³-hybridized carbons (Fsp3) is 0.217. The van der Waals surface area contributed by atoms with Crippen LogP contribution in [-0.2, 0) is 16.0 Å². The summed E-state index contributed by atoms with van der Waals surface area (Å²) in [5.74, 6) is -0.475. The molecule has 30 heavy (non-hydrogen) atoms. The number of ether oxygens (including phenoxy) is 2. The lowest BCUT2D eigenvalue weighted by Crippen LogP contribution is -2.48. The molecule has 2 N–H and O–H groups in total. The van der Waals surface area contributed by atoms with E-state index in [0.717, 1.165) is 10.9 Å². The van der Waals surface area contributed by atoms with Gasteiger partial charge in [0.25, 0.3) is 0 Å². The Kier molecular flexibility index (Phi) is 4.73. The summed E-state index contributed by atoms with van der Waals surface area (Å²) in [6.45, 7) is 3.64. The summed E-state index contributed by atoms with van der Waals surface area (Å²) < 4.78 is 16.9. The van der Waals surface area contributed by atoms with E-state index in [9.17, 15) is 19.8 Å². The fourth-order valence-electron chi connectivity index (χ4n) is 3.36. The highest BCUT2D eigenvalue weighted by atomic mass is 16.6. The Labute approximate surface area is 171 Å². The van der Waals surface area contributed by atoms with Crippen LogP contribution in [0.4, 0.5) is 0 Å². The molecule has 1 aliphatic rings. The highest BCUT2D eigenvalue weighted by Crippen LogP contribution is 2.37. The highest BCUT2D eigenvalue weighted by molar-refractivity contribution is 5.87. The zero-order valence-corrected chi connectivity index (χ0v) is 16.4. The van der Waals surface area contributed by atoms with Crippen LogP contribution in [-0.4, -0.2) is 27.9 Å². The van der Waals surface area contributed by atoms with Crippen molar-refractivity contribution in [2.45, 2.75) is 32.0 Å². The fourth-order valence-corrected chi connectivity index (χ4v) is 3.36. The number of fused-ring (bicyclic) bond motifs is 2. The summed E-state index contributed by atoms with van der Waals surface area (Å²) >= 11 is 0. The van der Waals surface area contributed by atoms with Gasteiger partial charge in [0.15, 0.2) is 11.5 Å². The molecule has 1 aromatic heterocycles. The molecule has 3 aromatic rings. The Hall–Kier alpha value is -3.74. The van der Waals surface area contributed by atoms with E-state index < -0.39 is 23.3 Å². The zero-order valence-electron chi connectivity index (χ0n) is 16.4. The van der Waals surface area contributed by atoms with Crippen molar-refractivity contribution in [1.82, 2.24) is 0 Å². The van der Waals surface area contributed by atoms with Crippen molar-refractivity contribution in [2.75, 3.05) is 0 Å². The van der Waals surface area contributed by atoms with Crippen molar-refractivity contribution in [3.8, 4) is 17.2 Å². The Morgan fingerprint density at radius 2 is 1.93 bits per heavy atom. The van der Waals surface area contributed by atoms with Crippen LogP contribution in [0.1, 0.15) is 25.0 Å². The number of hydrogen-bond donors (Lipinski definition) is 2. The lowest BCUT2D eigenvalue weighted by molar-refractivity contribution is -0.155. The van der Waals surface area contributed by atoms with Gasteiger partial charge in [0.1, 0.15) is 23.0 Å². The van der Waals surface area contributed by atoms with Gasteiger partial charge in [0.2, 0.25) is 0 Å². The maximum atomic E-state index is 12.4. The van der Waals surface area contributed by atoms with E-state index >= 15 is 0 Å². The van der Waals surface area contributed by atoms with E-state index in [1.165, 1.54) is 30.4 Å². The van der Waals surface area contributed by atoms with E-state index in [1.54, 1.807) is 18.2 Å². The van der Waals surface area contributed by atoms with Crippen LogP contribution in [0.5, 0.6) is 17.2 Å². The Bertz CT molecular complexity index is 1220. The van der Waals surface area contributed by atoms with Gasteiger partial charge in [-0.2, -0.15) is 0 Å². The predicted molar refractivity (Wildman–Crippen MR) is 110 cm³/mol. The third-order valence-electron chi connectivity index (χ3n) is 5.03. The zero-order chi connectivity index (χ0) is 21.5. The number of phenolic OH excluding ortho intramolecular Hbond substituents is 2. The van der Waals surface area contributed by atoms with Crippen LogP contribution < -0.4 is 10.4 Å². The number of hydrogen-bond acceptors (Lipinski definition) is 7. The molecule has 0 saturated carbocycles. The predicted octanol–water partition coefficient (Wildman–Crippen LogP) is 3.54. The van der Waals surface area contributed by atoms with E-state index in [-0.39, 0.29) is 11.5 Å². The molecule has 154 valence electrons. The minimum Gasteiger partial charge on any atom is -0.504 e. The van der Waals surface area contributed by atoms with Crippen LogP contribution in [0.3, 0.4) is 0 Å². The first kappa shape index (κ1) is 19.6. The number of phenols is 2. The highest BCUT2D eigenvalue weighted by Gasteiger charge is 2.39. The third kappa shape index (κ3) is 3.87. The van der Waals surface area contributed by atoms with Crippen molar-refractivity contribution >= 4 is 23.0 Å². The summed E-state index contributed by atoms with van der Waals surface area (Å²) in [6.07, 6.45) is 2.65. The van der Waals surface area contributed by atoms with Crippen molar-refractivity contribution in [2.24, 2.45) is 0 Å². The van der Waals surface area contributed by atoms with Crippen LogP contribution in [0, 0.1) is 0 Å². The Morgan fingerprint density at radius 1 is 1.13 bits per heavy atom. The summed E-state index contributed by atoms with van der Waals surface area (Å²) in [7, 11) is 0. The van der Waals surface area contributed by atoms with Gasteiger partial charge in [0.05, 0.1) is 0 Å². The molecule has 0 unspecified atom stereocenters. The van der Waals surface area contributed by atoms with Crippen LogP contribution in [0.25, 0.3) is 17.0 Å². The van der Waals surface area contributed by atoms with Crippen LogP contribution >= 0.6 is 0 Å². The van der Waals surface area contributed by atoms with Crippen molar-refractivity contribution < 1.29 is 28.9 Å². The van der Waals surface area contributed by atoms with Crippen molar-refractivity contribution in [3.63, 3.8) is 0 Å². The van der Waals surface area contributed by atoms with Crippen molar-refractivity contribution in [3.05, 3.63) is 70.1 Å². The van der Waals surface area contributed by atoms with Gasteiger partial charge >= 0.3 is 11.6 Å². The average molecular weight is 408 g/mol. The van der Waals surface area contributed by atoms with Gasteiger partial charge in [-0.25, -0.2) is 9.59 Å². The largest absolute Gasteiger partial charge is 0.504 e. The number of benzene rings is 2. The average Bonchev–Trinajstić information content (AvgIpc) is 2.68. The smallest absolute Gasteiger partial charge is 0.336 e.